The molecule has 1 saturated heterocycles. The molecule has 2 aromatic rings. The lowest BCUT2D eigenvalue weighted by molar-refractivity contribution is -0.312. The Bertz CT molecular complexity index is 1050. The Hall–Kier alpha value is -2.57. The molecule has 35 heavy (non-hydrogen) atoms. The topological polar surface area (TPSA) is 177 Å². The summed E-state index contributed by atoms with van der Waals surface area (Å²) in [4.78, 5) is 12.6. The second-order valence-electron chi connectivity index (χ2n) is 9.08. The average molecular weight is 491 g/mol. The smallest absolute Gasteiger partial charge is 0.186 e. The lowest BCUT2D eigenvalue weighted by atomic mass is 9.96. The van der Waals surface area contributed by atoms with Crippen molar-refractivity contribution >= 4 is 5.78 Å². The number of rotatable bonds is 3. The van der Waals surface area contributed by atoms with Gasteiger partial charge in [0.05, 0.1) is 12.7 Å². The summed E-state index contributed by atoms with van der Waals surface area (Å²) >= 11 is 0. The summed E-state index contributed by atoms with van der Waals surface area (Å²) in [5.41, 5.74) is 2.15. The molecule has 7 N–H and O–H groups in total. The quantitative estimate of drug-likeness (QED) is 0.304. The van der Waals surface area contributed by atoms with Crippen LogP contribution in [0.3, 0.4) is 0 Å². The average Bonchev–Trinajstić information content (AvgIpc) is 2.84. The molecule has 0 saturated carbocycles. The molecule has 0 aromatic heterocycles. The summed E-state index contributed by atoms with van der Waals surface area (Å²) in [5, 5.41) is 71.4. The van der Waals surface area contributed by atoms with Crippen molar-refractivity contribution in [3.63, 3.8) is 0 Å². The number of aliphatic hydroxyl groups excluding tert-OH is 5. The highest BCUT2D eigenvalue weighted by Crippen LogP contribution is 2.37. The number of aromatic hydroxyl groups is 2. The van der Waals surface area contributed by atoms with Crippen LogP contribution >= 0.6 is 0 Å². The molecule has 2 aliphatic rings. The Morgan fingerprint density at radius 2 is 1.49 bits per heavy atom. The SMILES string of the molecule is O=C1CCc2ccc(O)c(c2)-c2cc(ccc2O)C[C@H](O[C@@H]2O[C@H](CO)[C@@H](O)[C@H](O)[C@H]2O)C[C@H]1O. The van der Waals surface area contributed by atoms with Crippen LogP contribution in [-0.2, 0) is 27.1 Å². The maximum atomic E-state index is 12.6. The number of benzene rings is 2. The summed E-state index contributed by atoms with van der Waals surface area (Å²) in [7, 11) is 0. The molecule has 1 aliphatic heterocycles. The van der Waals surface area contributed by atoms with Gasteiger partial charge in [0.2, 0.25) is 0 Å². The molecule has 0 radical (unpaired) electrons. The van der Waals surface area contributed by atoms with Crippen molar-refractivity contribution < 1.29 is 50.0 Å². The monoisotopic (exact) mass is 490 g/mol. The van der Waals surface area contributed by atoms with Crippen molar-refractivity contribution in [2.75, 3.05) is 6.61 Å². The van der Waals surface area contributed by atoms with Gasteiger partial charge in [-0.2, -0.15) is 0 Å². The third-order valence-corrected chi connectivity index (χ3v) is 6.57. The van der Waals surface area contributed by atoms with E-state index in [9.17, 15) is 40.5 Å². The van der Waals surface area contributed by atoms with Crippen LogP contribution in [0.1, 0.15) is 24.0 Å². The molecule has 4 rings (SSSR count). The number of phenols is 2. The first kappa shape index (κ1) is 25.5. The van der Waals surface area contributed by atoms with Gasteiger partial charge in [-0.05, 0) is 48.2 Å². The van der Waals surface area contributed by atoms with Crippen molar-refractivity contribution in [2.24, 2.45) is 0 Å². The predicted octanol–water partition coefficient (Wildman–Crippen LogP) is -0.241. The van der Waals surface area contributed by atoms with Crippen molar-refractivity contribution in [1.82, 2.24) is 0 Å². The summed E-state index contributed by atoms with van der Waals surface area (Å²) in [6.45, 7) is -0.625. The van der Waals surface area contributed by atoms with Crippen LogP contribution in [0.2, 0.25) is 0 Å². The van der Waals surface area contributed by atoms with Crippen molar-refractivity contribution in [3.05, 3.63) is 47.5 Å². The number of ketones is 1. The molecule has 0 amide bonds. The van der Waals surface area contributed by atoms with Crippen molar-refractivity contribution in [2.45, 2.75) is 68.6 Å². The number of hydrogen-bond acceptors (Lipinski definition) is 10. The largest absolute Gasteiger partial charge is 0.507 e. The third-order valence-electron chi connectivity index (χ3n) is 6.57. The third kappa shape index (κ3) is 5.49. The van der Waals surface area contributed by atoms with Gasteiger partial charge in [-0.15, -0.1) is 0 Å². The maximum Gasteiger partial charge on any atom is 0.186 e. The number of Topliss-reactive ketones (excluding diaryl/α,β-unsaturated/α-hetero) is 1. The molecule has 1 fully saturated rings. The Morgan fingerprint density at radius 1 is 0.857 bits per heavy atom. The minimum Gasteiger partial charge on any atom is -0.507 e. The summed E-state index contributed by atoms with van der Waals surface area (Å²) < 4.78 is 11.3. The zero-order valence-corrected chi connectivity index (χ0v) is 18.9. The molecule has 7 atom stereocenters. The van der Waals surface area contributed by atoms with E-state index in [-0.39, 0.29) is 30.8 Å². The van der Waals surface area contributed by atoms with Crippen LogP contribution in [0.15, 0.2) is 36.4 Å². The number of ether oxygens (including phenoxy) is 2. The summed E-state index contributed by atoms with van der Waals surface area (Å²) in [6, 6.07) is 9.59. The summed E-state index contributed by atoms with van der Waals surface area (Å²) in [6.07, 6.45) is -9.39. The van der Waals surface area contributed by atoms with E-state index in [2.05, 4.69) is 0 Å². The second-order valence-corrected chi connectivity index (χ2v) is 9.08. The van der Waals surface area contributed by atoms with Crippen LogP contribution in [0.5, 0.6) is 11.5 Å². The zero-order valence-electron chi connectivity index (χ0n) is 18.9. The van der Waals surface area contributed by atoms with Crippen LogP contribution in [0.4, 0.5) is 0 Å². The Labute approximate surface area is 201 Å². The van der Waals surface area contributed by atoms with Gasteiger partial charge < -0.3 is 45.2 Å². The summed E-state index contributed by atoms with van der Waals surface area (Å²) in [5.74, 6) is -0.522. The van der Waals surface area contributed by atoms with Crippen LogP contribution in [-0.4, -0.2) is 91.0 Å². The van der Waals surface area contributed by atoms with Gasteiger partial charge in [-0.3, -0.25) is 4.79 Å². The van der Waals surface area contributed by atoms with E-state index in [0.29, 0.717) is 23.1 Å². The molecule has 0 spiro atoms. The molecule has 1 aliphatic carbocycles. The lowest BCUT2D eigenvalue weighted by Gasteiger charge is -2.41. The van der Waals surface area contributed by atoms with Gasteiger partial charge in [-0.1, -0.05) is 12.1 Å². The number of hydrogen-bond donors (Lipinski definition) is 7. The van der Waals surface area contributed by atoms with Gasteiger partial charge >= 0.3 is 0 Å². The number of phenolic OH excluding ortho intramolecular Hbond substituents is 2. The highest BCUT2D eigenvalue weighted by molar-refractivity contribution is 5.83. The fourth-order valence-corrected chi connectivity index (χ4v) is 4.51. The molecule has 4 bridgehead atoms. The number of aliphatic hydroxyl groups is 5. The molecule has 2 aromatic carbocycles. The van der Waals surface area contributed by atoms with Gasteiger partial charge in [0.1, 0.15) is 42.0 Å². The van der Waals surface area contributed by atoms with E-state index < -0.39 is 55.3 Å². The Balaban J connectivity index is 1.67. The molecule has 1 heterocycles. The van der Waals surface area contributed by atoms with Crippen molar-refractivity contribution in [1.29, 1.82) is 0 Å². The van der Waals surface area contributed by atoms with Gasteiger partial charge in [0.15, 0.2) is 12.1 Å². The van der Waals surface area contributed by atoms with Gasteiger partial charge in [0.25, 0.3) is 0 Å². The van der Waals surface area contributed by atoms with E-state index in [1.807, 2.05) is 0 Å². The Morgan fingerprint density at radius 3 is 2.14 bits per heavy atom. The number of carbonyl (C=O) groups excluding carboxylic acids is 1. The molecule has 10 heteroatoms. The van der Waals surface area contributed by atoms with Gasteiger partial charge in [0, 0.05) is 24.0 Å². The fraction of sp³-hybridized carbons (Fsp3) is 0.480. The maximum absolute atomic E-state index is 12.6. The first-order valence-electron chi connectivity index (χ1n) is 11.5. The molecular formula is C25H30O10. The predicted molar refractivity (Wildman–Crippen MR) is 122 cm³/mol. The van der Waals surface area contributed by atoms with E-state index in [4.69, 9.17) is 9.47 Å². The van der Waals surface area contributed by atoms with E-state index in [0.717, 1.165) is 5.56 Å². The highest BCUT2D eigenvalue weighted by Gasteiger charge is 2.45. The molecule has 0 unspecified atom stereocenters. The van der Waals surface area contributed by atoms with Crippen LogP contribution in [0.25, 0.3) is 11.1 Å². The fourth-order valence-electron chi connectivity index (χ4n) is 4.51. The van der Waals surface area contributed by atoms with Gasteiger partial charge in [-0.25, -0.2) is 0 Å². The minimum atomic E-state index is -1.64. The number of carbonyl (C=O) groups is 1. The molecule has 10 nitrogen and oxygen atoms in total. The minimum absolute atomic E-state index is 0.0295. The normalized spacial score (nSPS) is 31.8. The highest BCUT2D eigenvalue weighted by atomic mass is 16.7. The standard InChI is InChI=1S/C25H30O10/c26-11-21-22(31)23(32)24(33)25(35-21)34-14-7-13-3-5-18(28)16(9-13)15-8-12(1-4-17(15)27)2-6-19(29)20(30)10-14/h1,3-5,8-9,14,20-28,30-33H,2,6-7,10-11H2/t14-,20+,21+,22+,23-,24+,25+/m0/s1. The second kappa shape index (κ2) is 10.6. The van der Waals surface area contributed by atoms with Crippen molar-refractivity contribution in [3.8, 4) is 22.6 Å². The lowest BCUT2D eigenvalue weighted by Crippen LogP contribution is -2.59. The van der Waals surface area contributed by atoms with Crippen LogP contribution < -0.4 is 0 Å². The van der Waals surface area contributed by atoms with E-state index >= 15 is 0 Å². The number of fused-ring (bicyclic) bond motifs is 5. The Kier molecular flexibility index (Phi) is 7.72. The zero-order chi connectivity index (χ0) is 25.3. The molecule has 190 valence electrons. The first-order chi connectivity index (χ1) is 16.7. The van der Waals surface area contributed by atoms with E-state index in [1.54, 1.807) is 24.3 Å². The molecular weight excluding hydrogens is 460 g/mol. The van der Waals surface area contributed by atoms with E-state index in [1.165, 1.54) is 12.1 Å². The number of aryl methyl sites for hydroxylation is 1. The first-order valence-corrected chi connectivity index (χ1v) is 11.5. The van der Waals surface area contributed by atoms with Crippen LogP contribution in [0, 0.1) is 0 Å².